The monoisotopic (exact) mass is 379 g/mol. The van der Waals surface area contributed by atoms with Gasteiger partial charge in [-0.1, -0.05) is 24.3 Å². The lowest BCUT2D eigenvalue weighted by Gasteiger charge is -2.10. The summed E-state index contributed by atoms with van der Waals surface area (Å²) in [6, 6.07) is 15.7. The first-order chi connectivity index (χ1) is 13.6. The van der Waals surface area contributed by atoms with E-state index in [1.807, 2.05) is 30.3 Å². The summed E-state index contributed by atoms with van der Waals surface area (Å²) in [7, 11) is 1.59. The van der Waals surface area contributed by atoms with Gasteiger partial charge < -0.3 is 20.1 Å². The summed E-state index contributed by atoms with van der Waals surface area (Å²) >= 11 is 0. The van der Waals surface area contributed by atoms with E-state index in [1.165, 1.54) is 6.20 Å². The molecule has 0 spiro atoms. The van der Waals surface area contributed by atoms with Gasteiger partial charge in [0.2, 0.25) is 0 Å². The summed E-state index contributed by atoms with van der Waals surface area (Å²) in [5.41, 5.74) is 1.35. The van der Waals surface area contributed by atoms with Crippen molar-refractivity contribution in [1.29, 1.82) is 5.26 Å². The minimum atomic E-state index is -0.624. The van der Waals surface area contributed by atoms with Crippen molar-refractivity contribution in [1.82, 2.24) is 5.32 Å². The number of hydrogen-bond donors (Lipinski definition) is 2. The van der Waals surface area contributed by atoms with E-state index in [4.69, 9.17) is 9.47 Å². The van der Waals surface area contributed by atoms with E-state index in [2.05, 4.69) is 10.6 Å². The second-order valence-electron chi connectivity index (χ2n) is 5.62. The molecule has 144 valence electrons. The molecule has 2 N–H and O–H groups in total. The Kier molecular flexibility index (Phi) is 7.61. The van der Waals surface area contributed by atoms with Crippen molar-refractivity contribution in [3.63, 3.8) is 0 Å². The molecule has 0 bridgehead atoms. The predicted octanol–water partition coefficient (Wildman–Crippen LogP) is 3.01. The number of methoxy groups -OCH3 is 1. The summed E-state index contributed by atoms with van der Waals surface area (Å²) in [6.45, 7) is 2.35. The van der Waals surface area contributed by atoms with Gasteiger partial charge in [0.05, 0.1) is 25.0 Å². The second kappa shape index (κ2) is 10.4. The number of anilines is 1. The number of carbonyl (C=O) groups excluding carboxylic acids is 2. The van der Waals surface area contributed by atoms with Crippen LogP contribution in [0.1, 0.15) is 22.8 Å². The van der Waals surface area contributed by atoms with Gasteiger partial charge >= 0.3 is 5.97 Å². The lowest BCUT2D eigenvalue weighted by Crippen LogP contribution is -2.19. The van der Waals surface area contributed by atoms with Crippen LogP contribution in [0.25, 0.3) is 0 Å². The summed E-state index contributed by atoms with van der Waals surface area (Å²) in [5, 5.41) is 14.8. The molecule has 28 heavy (non-hydrogen) atoms. The van der Waals surface area contributed by atoms with Gasteiger partial charge in [0, 0.05) is 12.7 Å². The van der Waals surface area contributed by atoms with Crippen LogP contribution in [0.2, 0.25) is 0 Å². The smallest absolute Gasteiger partial charge is 0.340 e. The van der Waals surface area contributed by atoms with E-state index >= 15 is 0 Å². The van der Waals surface area contributed by atoms with E-state index in [0.29, 0.717) is 6.54 Å². The third-order valence-electron chi connectivity index (χ3n) is 3.75. The number of ether oxygens (including phenoxy) is 2. The van der Waals surface area contributed by atoms with Crippen molar-refractivity contribution in [3.8, 4) is 11.8 Å². The number of para-hydroxylation sites is 1. The van der Waals surface area contributed by atoms with Crippen LogP contribution in [0.5, 0.6) is 5.75 Å². The zero-order valence-electron chi connectivity index (χ0n) is 15.7. The quantitative estimate of drug-likeness (QED) is 0.415. The molecule has 0 aromatic heterocycles. The van der Waals surface area contributed by atoms with Gasteiger partial charge in [-0.05, 0) is 36.8 Å². The Balaban J connectivity index is 2.04. The largest absolute Gasteiger partial charge is 0.497 e. The van der Waals surface area contributed by atoms with Crippen LogP contribution in [0.15, 0.2) is 60.3 Å². The number of nitriles is 1. The molecular weight excluding hydrogens is 358 g/mol. The summed E-state index contributed by atoms with van der Waals surface area (Å²) in [4.78, 5) is 24.4. The van der Waals surface area contributed by atoms with E-state index in [0.717, 1.165) is 11.3 Å². The van der Waals surface area contributed by atoms with Crippen LogP contribution >= 0.6 is 0 Å². The molecule has 0 fully saturated rings. The second-order valence-corrected chi connectivity index (χ2v) is 5.62. The molecule has 7 heteroatoms. The molecule has 0 atom stereocenters. The topological polar surface area (TPSA) is 100 Å². The van der Waals surface area contributed by atoms with Crippen molar-refractivity contribution >= 4 is 17.6 Å². The Hall–Kier alpha value is -3.79. The van der Waals surface area contributed by atoms with Crippen molar-refractivity contribution in [2.45, 2.75) is 13.5 Å². The first-order valence-electron chi connectivity index (χ1n) is 8.63. The Morgan fingerprint density at radius 1 is 1.14 bits per heavy atom. The molecule has 0 unspecified atom stereocenters. The normalized spacial score (nSPS) is 10.5. The van der Waals surface area contributed by atoms with Crippen LogP contribution < -0.4 is 15.4 Å². The zero-order valence-corrected chi connectivity index (χ0v) is 15.7. The Bertz CT molecular complexity index is 899. The van der Waals surface area contributed by atoms with E-state index < -0.39 is 11.9 Å². The number of nitrogens with zero attached hydrogens (tertiary/aromatic N) is 1. The number of benzene rings is 2. The summed E-state index contributed by atoms with van der Waals surface area (Å²) in [6.07, 6.45) is 1.34. The highest BCUT2D eigenvalue weighted by molar-refractivity contribution is 6.09. The van der Waals surface area contributed by atoms with Gasteiger partial charge in [-0.2, -0.15) is 5.26 Å². The van der Waals surface area contributed by atoms with Gasteiger partial charge in [-0.15, -0.1) is 0 Å². The maximum absolute atomic E-state index is 12.4. The van der Waals surface area contributed by atoms with Crippen LogP contribution in [0.4, 0.5) is 5.69 Å². The number of esters is 1. The van der Waals surface area contributed by atoms with Gasteiger partial charge in [0.1, 0.15) is 17.4 Å². The molecule has 2 aromatic carbocycles. The van der Waals surface area contributed by atoms with Crippen LogP contribution in [-0.2, 0) is 16.1 Å². The molecule has 0 saturated heterocycles. The summed E-state index contributed by atoms with van der Waals surface area (Å²) in [5.74, 6) is -0.420. The average molecular weight is 379 g/mol. The number of amides is 1. The molecule has 2 rings (SSSR count). The van der Waals surface area contributed by atoms with Gasteiger partial charge in [-0.3, -0.25) is 4.79 Å². The third-order valence-corrected chi connectivity index (χ3v) is 3.75. The molecule has 0 aliphatic rings. The molecule has 1 amide bonds. The first kappa shape index (κ1) is 20.5. The van der Waals surface area contributed by atoms with E-state index in [-0.39, 0.29) is 23.4 Å². The molecule has 2 aromatic rings. The molecule has 0 radical (unpaired) electrons. The standard InChI is InChI=1S/C21H21N3O4/c1-3-28-21(26)18-6-4-5-7-19(18)24-20(25)16(12-22)14-23-13-15-8-10-17(27-2)11-9-15/h4-11,14,23H,3,13H2,1-2H3,(H,24,25)/b16-14-. The Morgan fingerprint density at radius 3 is 2.50 bits per heavy atom. The summed E-state index contributed by atoms with van der Waals surface area (Å²) < 4.78 is 10.1. The van der Waals surface area contributed by atoms with Gasteiger partial charge in [-0.25, -0.2) is 4.79 Å². The SMILES string of the molecule is CCOC(=O)c1ccccc1NC(=O)/C(C#N)=C\NCc1ccc(OC)cc1. The maximum atomic E-state index is 12.4. The predicted molar refractivity (Wildman–Crippen MR) is 105 cm³/mol. The van der Waals surface area contributed by atoms with Crippen LogP contribution in [0.3, 0.4) is 0 Å². The number of hydrogen-bond acceptors (Lipinski definition) is 6. The Morgan fingerprint density at radius 2 is 1.86 bits per heavy atom. The first-order valence-corrected chi connectivity index (χ1v) is 8.63. The lowest BCUT2D eigenvalue weighted by molar-refractivity contribution is -0.112. The third kappa shape index (κ3) is 5.61. The van der Waals surface area contributed by atoms with Crippen molar-refractivity contribution in [2.24, 2.45) is 0 Å². The molecule has 0 heterocycles. The van der Waals surface area contributed by atoms with Crippen LogP contribution in [-0.4, -0.2) is 25.6 Å². The lowest BCUT2D eigenvalue weighted by atomic mass is 10.1. The maximum Gasteiger partial charge on any atom is 0.340 e. The zero-order chi connectivity index (χ0) is 20.4. The average Bonchev–Trinajstić information content (AvgIpc) is 2.72. The van der Waals surface area contributed by atoms with E-state index in [9.17, 15) is 14.9 Å². The van der Waals surface area contributed by atoms with Crippen LogP contribution in [0, 0.1) is 11.3 Å². The minimum absolute atomic E-state index is 0.118. The van der Waals surface area contributed by atoms with E-state index in [1.54, 1.807) is 38.3 Å². The van der Waals surface area contributed by atoms with Crippen molar-refractivity contribution in [2.75, 3.05) is 19.0 Å². The molecule has 0 saturated carbocycles. The number of nitrogens with one attached hydrogen (secondary N) is 2. The van der Waals surface area contributed by atoms with Crippen molar-refractivity contribution in [3.05, 3.63) is 71.4 Å². The molecule has 0 aliphatic carbocycles. The highest BCUT2D eigenvalue weighted by atomic mass is 16.5. The molecule has 7 nitrogen and oxygen atoms in total. The molecular formula is C21H21N3O4. The Labute approximate surface area is 163 Å². The van der Waals surface area contributed by atoms with Gasteiger partial charge in [0.25, 0.3) is 5.91 Å². The highest BCUT2D eigenvalue weighted by Crippen LogP contribution is 2.17. The number of rotatable bonds is 8. The van der Waals surface area contributed by atoms with Crippen molar-refractivity contribution < 1.29 is 19.1 Å². The fourth-order valence-corrected chi connectivity index (χ4v) is 2.33. The highest BCUT2D eigenvalue weighted by Gasteiger charge is 2.16. The number of carbonyl (C=O) groups is 2. The van der Waals surface area contributed by atoms with Gasteiger partial charge in [0.15, 0.2) is 0 Å². The fraction of sp³-hybridized carbons (Fsp3) is 0.190. The molecule has 0 aliphatic heterocycles. The fourth-order valence-electron chi connectivity index (χ4n) is 2.33. The minimum Gasteiger partial charge on any atom is -0.497 e.